The molecule has 0 bridgehead atoms. The minimum absolute atomic E-state index is 0.00948. The van der Waals surface area contributed by atoms with Crippen LogP contribution in [0.1, 0.15) is 32.1 Å². The molecule has 28 heavy (non-hydrogen) atoms. The van der Waals surface area contributed by atoms with Gasteiger partial charge in [-0.2, -0.15) is 0 Å². The zero-order valence-electron chi connectivity index (χ0n) is 16.3. The fourth-order valence-corrected chi connectivity index (χ4v) is 4.87. The van der Waals surface area contributed by atoms with Gasteiger partial charge in [0, 0.05) is 32.5 Å². The zero-order chi connectivity index (χ0) is 19.7. The third-order valence-corrected chi connectivity index (χ3v) is 6.55. The van der Waals surface area contributed by atoms with Crippen molar-refractivity contribution in [2.45, 2.75) is 44.2 Å². The van der Waals surface area contributed by atoms with Crippen molar-refractivity contribution in [2.24, 2.45) is 11.3 Å². The number of likely N-dealkylation sites (N-methyl/N-ethyl adjacent to an activating group) is 1. The molecule has 7 nitrogen and oxygen atoms in total. The van der Waals surface area contributed by atoms with Gasteiger partial charge < -0.3 is 9.64 Å². The van der Waals surface area contributed by atoms with Crippen LogP contribution in [0, 0.1) is 11.3 Å². The van der Waals surface area contributed by atoms with Gasteiger partial charge in [-0.15, -0.1) is 0 Å². The van der Waals surface area contributed by atoms with Crippen LogP contribution in [0.15, 0.2) is 30.3 Å². The molecule has 1 spiro atoms. The molecule has 3 fully saturated rings. The smallest absolute Gasteiger partial charge is 0.248 e. The lowest BCUT2D eigenvalue weighted by Gasteiger charge is -2.44. The first kappa shape index (κ1) is 19.2. The van der Waals surface area contributed by atoms with Crippen LogP contribution >= 0.6 is 0 Å². The van der Waals surface area contributed by atoms with Crippen molar-refractivity contribution in [3.8, 4) is 5.75 Å². The number of hydrogen-bond donors (Lipinski definition) is 2. The Morgan fingerprint density at radius 3 is 2.46 bits per heavy atom. The van der Waals surface area contributed by atoms with Gasteiger partial charge in [0.1, 0.15) is 17.9 Å². The van der Waals surface area contributed by atoms with Crippen molar-refractivity contribution < 1.29 is 19.5 Å². The molecule has 1 saturated carbocycles. The molecule has 3 aliphatic rings. The number of carbonyl (C=O) groups excluding carboxylic acids is 2. The van der Waals surface area contributed by atoms with E-state index < -0.39 is 17.9 Å². The highest BCUT2D eigenvalue weighted by Gasteiger charge is 2.55. The summed E-state index contributed by atoms with van der Waals surface area (Å²) in [7, 11) is 1.92. The molecule has 1 aliphatic carbocycles. The van der Waals surface area contributed by atoms with Crippen molar-refractivity contribution in [1.29, 1.82) is 0 Å². The van der Waals surface area contributed by atoms with Gasteiger partial charge >= 0.3 is 0 Å². The number of piperidine rings is 2. The molecule has 2 aliphatic heterocycles. The second kappa shape index (κ2) is 7.72. The van der Waals surface area contributed by atoms with E-state index in [1.165, 1.54) is 0 Å². The first-order valence-electron chi connectivity index (χ1n) is 10.2. The second-order valence-corrected chi connectivity index (χ2v) is 8.60. The quantitative estimate of drug-likeness (QED) is 0.607. The number of nitrogens with zero attached hydrogens (tertiary/aromatic N) is 2. The number of hydrogen-bond acceptors (Lipinski definition) is 5. The Hall–Kier alpha value is -2.12. The number of ether oxygens (including phenoxy) is 1. The molecule has 1 aromatic rings. The van der Waals surface area contributed by atoms with Gasteiger partial charge in [0.25, 0.3) is 0 Å². The molecule has 0 radical (unpaired) electrons. The number of benzene rings is 1. The van der Waals surface area contributed by atoms with Crippen molar-refractivity contribution in [3.63, 3.8) is 0 Å². The number of nitrogens with one attached hydrogen (secondary N) is 1. The van der Waals surface area contributed by atoms with Crippen molar-refractivity contribution in [3.05, 3.63) is 30.3 Å². The second-order valence-electron chi connectivity index (χ2n) is 8.60. The standard InChI is InChI=1S/C21H29N3O4/c1-23-14-21(9-10-21)13-17(19(25)22-27)18(23)20(26)24-11-7-16(8-12-24)28-15-5-3-2-4-6-15/h2-6,16-18,27H,7-14H2,1H3,(H,22,25)/t17-,18-/m0/s1. The van der Waals surface area contributed by atoms with E-state index in [-0.39, 0.29) is 17.4 Å². The summed E-state index contributed by atoms with van der Waals surface area (Å²) in [4.78, 5) is 29.4. The Labute approximate surface area is 165 Å². The minimum Gasteiger partial charge on any atom is -0.490 e. The van der Waals surface area contributed by atoms with Gasteiger partial charge in [0.05, 0.1) is 5.92 Å². The van der Waals surface area contributed by atoms with E-state index >= 15 is 0 Å². The molecule has 2 atom stereocenters. The molecular weight excluding hydrogens is 358 g/mol. The lowest BCUT2D eigenvalue weighted by Crippen LogP contribution is -2.60. The zero-order valence-corrected chi connectivity index (χ0v) is 16.3. The van der Waals surface area contributed by atoms with E-state index in [0.29, 0.717) is 19.5 Å². The monoisotopic (exact) mass is 387 g/mol. The Morgan fingerprint density at radius 2 is 1.86 bits per heavy atom. The molecule has 1 aromatic carbocycles. The Kier molecular flexibility index (Phi) is 5.29. The van der Waals surface area contributed by atoms with Crippen molar-refractivity contribution >= 4 is 11.8 Å². The molecule has 4 rings (SSSR count). The topological polar surface area (TPSA) is 82.1 Å². The Balaban J connectivity index is 1.38. The van der Waals surface area contributed by atoms with Crippen LogP contribution in [0.25, 0.3) is 0 Å². The molecular formula is C21H29N3O4. The molecule has 0 aromatic heterocycles. The summed E-state index contributed by atoms with van der Waals surface area (Å²) >= 11 is 0. The van der Waals surface area contributed by atoms with Crippen LogP contribution in [-0.2, 0) is 9.59 Å². The molecule has 0 unspecified atom stereocenters. The number of amides is 2. The predicted octanol–water partition coefficient (Wildman–Crippen LogP) is 1.66. The Morgan fingerprint density at radius 1 is 1.18 bits per heavy atom. The van der Waals surface area contributed by atoms with E-state index in [2.05, 4.69) is 0 Å². The summed E-state index contributed by atoms with van der Waals surface area (Å²) < 4.78 is 6.02. The van der Waals surface area contributed by atoms with E-state index in [0.717, 1.165) is 38.0 Å². The third-order valence-electron chi connectivity index (χ3n) is 6.55. The summed E-state index contributed by atoms with van der Waals surface area (Å²) in [5.74, 6) is -0.103. The van der Waals surface area contributed by atoms with Crippen molar-refractivity contribution in [2.75, 3.05) is 26.7 Å². The van der Waals surface area contributed by atoms with Crippen molar-refractivity contribution in [1.82, 2.24) is 15.3 Å². The van der Waals surface area contributed by atoms with Gasteiger partial charge in [-0.25, -0.2) is 5.48 Å². The maximum absolute atomic E-state index is 13.3. The molecule has 7 heteroatoms. The largest absolute Gasteiger partial charge is 0.490 e. The highest BCUT2D eigenvalue weighted by molar-refractivity contribution is 5.90. The number of para-hydroxylation sites is 1. The predicted molar refractivity (Wildman–Crippen MR) is 103 cm³/mol. The van der Waals surface area contributed by atoms with Crippen LogP contribution in [0.3, 0.4) is 0 Å². The number of carbonyl (C=O) groups is 2. The molecule has 2 saturated heterocycles. The average Bonchev–Trinajstić information content (AvgIpc) is 3.46. The van der Waals surface area contributed by atoms with Crippen LogP contribution < -0.4 is 10.2 Å². The summed E-state index contributed by atoms with van der Waals surface area (Å²) in [5.41, 5.74) is 1.94. The lowest BCUT2D eigenvalue weighted by atomic mass is 9.80. The highest BCUT2D eigenvalue weighted by atomic mass is 16.5. The SMILES string of the molecule is CN1CC2(CC2)C[C@H](C(=O)NO)[C@H]1C(=O)N1CCC(Oc2ccccc2)CC1. The maximum Gasteiger partial charge on any atom is 0.248 e. The Bertz CT molecular complexity index is 714. The van der Waals surface area contributed by atoms with E-state index in [1.807, 2.05) is 47.2 Å². The van der Waals surface area contributed by atoms with Crippen LogP contribution in [0.2, 0.25) is 0 Å². The highest BCUT2D eigenvalue weighted by Crippen LogP contribution is 2.54. The molecule has 2 heterocycles. The molecule has 2 amide bonds. The van der Waals surface area contributed by atoms with E-state index in [9.17, 15) is 14.8 Å². The third kappa shape index (κ3) is 3.86. The lowest BCUT2D eigenvalue weighted by molar-refractivity contribution is -0.151. The molecule has 2 N–H and O–H groups in total. The summed E-state index contributed by atoms with van der Waals surface area (Å²) in [6, 6.07) is 9.24. The van der Waals surface area contributed by atoms with Crippen LogP contribution in [-0.4, -0.2) is 65.6 Å². The first-order valence-corrected chi connectivity index (χ1v) is 10.2. The van der Waals surface area contributed by atoms with Gasteiger partial charge in [-0.3, -0.25) is 19.7 Å². The van der Waals surface area contributed by atoms with Gasteiger partial charge in [-0.05, 0) is 43.9 Å². The number of rotatable bonds is 4. The fourth-order valence-electron chi connectivity index (χ4n) is 4.87. The average molecular weight is 387 g/mol. The van der Waals surface area contributed by atoms with Gasteiger partial charge in [0.2, 0.25) is 11.8 Å². The molecule has 152 valence electrons. The summed E-state index contributed by atoms with van der Waals surface area (Å²) in [6.45, 7) is 2.09. The van der Waals surface area contributed by atoms with E-state index in [4.69, 9.17) is 4.74 Å². The van der Waals surface area contributed by atoms with Gasteiger partial charge in [-0.1, -0.05) is 18.2 Å². The van der Waals surface area contributed by atoms with Gasteiger partial charge in [0.15, 0.2) is 0 Å². The van der Waals surface area contributed by atoms with Crippen LogP contribution in [0.5, 0.6) is 5.75 Å². The number of hydroxylamine groups is 1. The number of likely N-dealkylation sites (tertiary alicyclic amines) is 2. The summed E-state index contributed by atoms with van der Waals surface area (Å²) in [5, 5.41) is 9.19. The summed E-state index contributed by atoms with van der Waals surface area (Å²) in [6.07, 6.45) is 4.51. The fraction of sp³-hybridized carbons (Fsp3) is 0.619. The van der Waals surface area contributed by atoms with E-state index in [1.54, 1.807) is 5.48 Å². The maximum atomic E-state index is 13.3. The first-order chi connectivity index (χ1) is 13.5. The minimum atomic E-state index is -0.509. The van der Waals surface area contributed by atoms with Crippen LogP contribution in [0.4, 0.5) is 0 Å². The normalized spacial score (nSPS) is 27.4.